The number of hydrogen-bond donors (Lipinski definition) is 2. The lowest BCUT2D eigenvalue weighted by molar-refractivity contribution is 0.187. The zero-order valence-electron chi connectivity index (χ0n) is 8.91. The topological polar surface area (TPSA) is 58.0 Å². The molecule has 4 heteroatoms. The minimum Gasteiger partial charge on any atom is -0.394 e. The maximum absolute atomic E-state index is 9.03. The van der Waals surface area contributed by atoms with Crippen LogP contribution in [0.4, 0.5) is 0 Å². The largest absolute Gasteiger partial charge is 0.394 e. The van der Waals surface area contributed by atoms with Crippen molar-refractivity contribution < 1.29 is 5.11 Å². The molecule has 0 spiro atoms. The Balaban J connectivity index is 2.54. The van der Waals surface area contributed by atoms with E-state index in [2.05, 4.69) is 15.3 Å². The summed E-state index contributed by atoms with van der Waals surface area (Å²) < 4.78 is 0. The van der Waals surface area contributed by atoms with Crippen molar-refractivity contribution >= 4 is 0 Å². The third kappa shape index (κ3) is 3.40. The van der Waals surface area contributed by atoms with Gasteiger partial charge in [-0.2, -0.15) is 0 Å². The fourth-order valence-corrected chi connectivity index (χ4v) is 0.989. The molecule has 0 unspecified atom stereocenters. The molecule has 0 aliphatic heterocycles. The van der Waals surface area contributed by atoms with Crippen LogP contribution in [-0.2, 0) is 6.54 Å². The first-order valence-corrected chi connectivity index (χ1v) is 4.68. The Bertz CT molecular complexity index is 299. The number of aryl methyl sites for hydroxylation is 1. The minimum absolute atomic E-state index is 0.108. The van der Waals surface area contributed by atoms with Crippen LogP contribution in [0.3, 0.4) is 0 Å². The quantitative estimate of drug-likeness (QED) is 0.740. The van der Waals surface area contributed by atoms with E-state index in [1.54, 1.807) is 6.20 Å². The molecular formula is C10H17N3O. The fraction of sp³-hybridized carbons (Fsp3) is 0.600. The second-order valence-corrected chi connectivity index (χ2v) is 3.99. The Morgan fingerprint density at radius 2 is 2.21 bits per heavy atom. The molecule has 0 atom stereocenters. The molecule has 1 heterocycles. The zero-order chi connectivity index (χ0) is 10.6. The summed E-state index contributed by atoms with van der Waals surface area (Å²) in [6.07, 6.45) is 1.74. The number of rotatable bonds is 4. The molecule has 4 nitrogen and oxygen atoms in total. The summed E-state index contributed by atoms with van der Waals surface area (Å²) in [6.45, 7) is 6.51. The van der Waals surface area contributed by atoms with Gasteiger partial charge < -0.3 is 10.4 Å². The SMILES string of the molecule is Cc1nccc(CNC(C)(C)CO)n1. The average molecular weight is 195 g/mol. The van der Waals surface area contributed by atoms with Crippen LogP contribution in [0.15, 0.2) is 12.3 Å². The van der Waals surface area contributed by atoms with E-state index in [9.17, 15) is 0 Å². The van der Waals surface area contributed by atoms with Gasteiger partial charge in [0.1, 0.15) is 5.82 Å². The number of aliphatic hydroxyl groups excluding tert-OH is 1. The Labute approximate surface area is 84.4 Å². The minimum atomic E-state index is -0.265. The summed E-state index contributed by atoms with van der Waals surface area (Å²) in [5.41, 5.74) is 0.679. The highest BCUT2D eigenvalue weighted by Gasteiger charge is 2.14. The van der Waals surface area contributed by atoms with Gasteiger partial charge >= 0.3 is 0 Å². The van der Waals surface area contributed by atoms with Crippen LogP contribution in [0.25, 0.3) is 0 Å². The molecule has 1 aromatic heterocycles. The van der Waals surface area contributed by atoms with Gasteiger partial charge in [0.15, 0.2) is 0 Å². The molecule has 0 amide bonds. The lowest BCUT2D eigenvalue weighted by Crippen LogP contribution is -2.42. The molecule has 78 valence electrons. The van der Waals surface area contributed by atoms with E-state index in [0.29, 0.717) is 6.54 Å². The molecule has 14 heavy (non-hydrogen) atoms. The van der Waals surface area contributed by atoms with Crippen molar-refractivity contribution in [3.63, 3.8) is 0 Å². The van der Waals surface area contributed by atoms with Crippen molar-refractivity contribution in [2.75, 3.05) is 6.61 Å². The predicted octanol–water partition coefficient (Wildman–Crippen LogP) is 0.646. The van der Waals surface area contributed by atoms with Crippen molar-refractivity contribution in [1.29, 1.82) is 0 Å². The molecule has 0 aliphatic carbocycles. The van der Waals surface area contributed by atoms with Gasteiger partial charge in [0.05, 0.1) is 12.3 Å². The van der Waals surface area contributed by atoms with Crippen LogP contribution in [0, 0.1) is 6.92 Å². The van der Waals surface area contributed by atoms with Gasteiger partial charge in [-0.25, -0.2) is 9.97 Å². The Morgan fingerprint density at radius 3 is 2.79 bits per heavy atom. The summed E-state index contributed by atoms with van der Waals surface area (Å²) in [7, 11) is 0. The zero-order valence-corrected chi connectivity index (χ0v) is 8.91. The molecule has 0 saturated heterocycles. The monoisotopic (exact) mass is 195 g/mol. The number of aromatic nitrogens is 2. The molecule has 2 N–H and O–H groups in total. The van der Waals surface area contributed by atoms with Crippen LogP contribution >= 0.6 is 0 Å². The van der Waals surface area contributed by atoms with Crippen molar-refractivity contribution in [2.24, 2.45) is 0 Å². The number of nitrogens with zero attached hydrogens (tertiary/aromatic N) is 2. The summed E-state index contributed by atoms with van der Waals surface area (Å²) in [5.74, 6) is 0.770. The molecular weight excluding hydrogens is 178 g/mol. The normalized spacial score (nSPS) is 11.7. The molecule has 0 fully saturated rings. The summed E-state index contributed by atoms with van der Waals surface area (Å²) in [6, 6.07) is 1.87. The average Bonchev–Trinajstić information content (AvgIpc) is 2.15. The molecule has 0 aromatic carbocycles. The Morgan fingerprint density at radius 1 is 1.50 bits per heavy atom. The first-order valence-electron chi connectivity index (χ1n) is 4.68. The summed E-state index contributed by atoms with van der Waals surface area (Å²) in [5, 5.41) is 12.2. The molecule has 0 saturated carbocycles. The van der Waals surface area contributed by atoms with E-state index in [1.165, 1.54) is 0 Å². The number of hydrogen-bond acceptors (Lipinski definition) is 4. The van der Waals surface area contributed by atoms with Gasteiger partial charge in [-0.15, -0.1) is 0 Å². The van der Waals surface area contributed by atoms with Gasteiger partial charge in [-0.1, -0.05) is 0 Å². The third-order valence-electron chi connectivity index (χ3n) is 1.98. The second-order valence-electron chi connectivity index (χ2n) is 3.99. The van der Waals surface area contributed by atoms with Gasteiger partial charge in [0, 0.05) is 18.3 Å². The van der Waals surface area contributed by atoms with E-state index in [1.807, 2.05) is 26.8 Å². The molecule has 0 bridgehead atoms. The highest BCUT2D eigenvalue weighted by molar-refractivity contribution is 5.01. The number of nitrogens with one attached hydrogen (secondary N) is 1. The molecule has 1 rings (SSSR count). The lowest BCUT2D eigenvalue weighted by Gasteiger charge is -2.23. The van der Waals surface area contributed by atoms with E-state index in [-0.39, 0.29) is 12.1 Å². The highest BCUT2D eigenvalue weighted by Crippen LogP contribution is 2.02. The lowest BCUT2D eigenvalue weighted by atomic mass is 10.1. The van der Waals surface area contributed by atoms with Gasteiger partial charge in [0.25, 0.3) is 0 Å². The third-order valence-corrected chi connectivity index (χ3v) is 1.98. The van der Waals surface area contributed by atoms with Crippen molar-refractivity contribution in [3.8, 4) is 0 Å². The first kappa shape index (κ1) is 11.1. The van der Waals surface area contributed by atoms with Crippen molar-refractivity contribution in [1.82, 2.24) is 15.3 Å². The predicted molar refractivity (Wildman–Crippen MR) is 54.8 cm³/mol. The fourth-order valence-electron chi connectivity index (χ4n) is 0.989. The second kappa shape index (κ2) is 4.48. The maximum atomic E-state index is 9.03. The van der Waals surface area contributed by atoms with Crippen molar-refractivity contribution in [2.45, 2.75) is 32.9 Å². The summed E-state index contributed by atoms with van der Waals surface area (Å²) in [4.78, 5) is 8.27. The molecule has 0 radical (unpaired) electrons. The van der Waals surface area contributed by atoms with Crippen LogP contribution in [0.1, 0.15) is 25.4 Å². The van der Waals surface area contributed by atoms with Crippen LogP contribution < -0.4 is 5.32 Å². The smallest absolute Gasteiger partial charge is 0.125 e. The van der Waals surface area contributed by atoms with Gasteiger partial charge in [0.2, 0.25) is 0 Å². The van der Waals surface area contributed by atoms with E-state index in [4.69, 9.17) is 5.11 Å². The van der Waals surface area contributed by atoms with Gasteiger partial charge in [-0.3, -0.25) is 0 Å². The maximum Gasteiger partial charge on any atom is 0.125 e. The standard InChI is InChI=1S/C10H17N3O/c1-8-11-5-4-9(13-8)6-12-10(2,3)7-14/h4-5,12,14H,6-7H2,1-3H3. The summed E-state index contributed by atoms with van der Waals surface area (Å²) >= 11 is 0. The highest BCUT2D eigenvalue weighted by atomic mass is 16.3. The molecule has 0 aliphatic rings. The first-order chi connectivity index (χ1) is 6.53. The molecule has 1 aromatic rings. The van der Waals surface area contributed by atoms with Gasteiger partial charge in [-0.05, 0) is 26.8 Å². The van der Waals surface area contributed by atoms with Crippen LogP contribution in [0.2, 0.25) is 0 Å². The Kier molecular flexibility index (Phi) is 3.55. The van der Waals surface area contributed by atoms with Crippen LogP contribution in [-0.4, -0.2) is 27.2 Å². The Hall–Kier alpha value is -1.00. The van der Waals surface area contributed by atoms with E-state index < -0.39 is 0 Å². The van der Waals surface area contributed by atoms with E-state index in [0.717, 1.165) is 11.5 Å². The van der Waals surface area contributed by atoms with E-state index >= 15 is 0 Å². The number of aliphatic hydroxyl groups is 1. The van der Waals surface area contributed by atoms with Crippen LogP contribution in [0.5, 0.6) is 0 Å². The van der Waals surface area contributed by atoms with Crippen molar-refractivity contribution in [3.05, 3.63) is 23.8 Å².